The average Bonchev–Trinajstić information content (AvgIpc) is 3.00. The van der Waals surface area contributed by atoms with E-state index in [1.807, 2.05) is 0 Å². The standard InChI is InChI=1S/C15H26N4/c1-3-19-14(10-13(2)17-19)11-18-9-8-16-12-15(18)6-4-5-7-15/h10,16H,3-9,11-12H2,1-2H3. The number of nitrogens with zero attached hydrogens (tertiary/aromatic N) is 3. The van der Waals surface area contributed by atoms with Gasteiger partial charge >= 0.3 is 0 Å². The summed E-state index contributed by atoms with van der Waals surface area (Å²) in [6.45, 7) is 9.79. The molecule has 4 nitrogen and oxygen atoms in total. The molecule has 1 aliphatic heterocycles. The first-order valence-electron chi connectivity index (χ1n) is 7.73. The van der Waals surface area contributed by atoms with Crippen molar-refractivity contribution in [1.29, 1.82) is 0 Å². The summed E-state index contributed by atoms with van der Waals surface area (Å²) >= 11 is 0. The molecule has 0 amide bonds. The smallest absolute Gasteiger partial charge is 0.0597 e. The molecule has 2 heterocycles. The van der Waals surface area contributed by atoms with E-state index in [4.69, 9.17) is 0 Å². The molecule has 19 heavy (non-hydrogen) atoms. The highest BCUT2D eigenvalue weighted by molar-refractivity contribution is 5.11. The minimum absolute atomic E-state index is 0.426. The van der Waals surface area contributed by atoms with Gasteiger partial charge in [-0.25, -0.2) is 0 Å². The monoisotopic (exact) mass is 262 g/mol. The summed E-state index contributed by atoms with van der Waals surface area (Å²) in [5, 5.41) is 8.19. The number of hydrogen-bond acceptors (Lipinski definition) is 3. The maximum absolute atomic E-state index is 4.58. The van der Waals surface area contributed by atoms with Crippen LogP contribution in [0.1, 0.15) is 44.0 Å². The van der Waals surface area contributed by atoms with Gasteiger partial charge in [0, 0.05) is 38.3 Å². The van der Waals surface area contributed by atoms with Gasteiger partial charge in [0.15, 0.2) is 0 Å². The van der Waals surface area contributed by atoms with Crippen LogP contribution in [0, 0.1) is 6.92 Å². The Morgan fingerprint density at radius 1 is 1.37 bits per heavy atom. The summed E-state index contributed by atoms with van der Waals surface area (Å²) in [5.41, 5.74) is 2.95. The van der Waals surface area contributed by atoms with Gasteiger partial charge in [0.05, 0.1) is 11.4 Å². The third-order valence-corrected chi connectivity index (χ3v) is 4.86. The van der Waals surface area contributed by atoms with Crippen LogP contribution in [0.15, 0.2) is 6.07 Å². The summed E-state index contributed by atoms with van der Waals surface area (Å²) in [7, 11) is 0. The van der Waals surface area contributed by atoms with Gasteiger partial charge in [-0.15, -0.1) is 0 Å². The molecule has 1 aromatic heterocycles. The van der Waals surface area contributed by atoms with E-state index < -0.39 is 0 Å². The Kier molecular flexibility index (Phi) is 3.63. The van der Waals surface area contributed by atoms with Crippen LogP contribution in [0.25, 0.3) is 0 Å². The Morgan fingerprint density at radius 2 is 2.16 bits per heavy atom. The number of hydrogen-bond donors (Lipinski definition) is 1. The molecule has 2 fully saturated rings. The lowest BCUT2D eigenvalue weighted by molar-refractivity contribution is 0.0547. The third-order valence-electron chi connectivity index (χ3n) is 4.86. The fourth-order valence-corrected chi connectivity index (χ4v) is 3.85. The van der Waals surface area contributed by atoms with Crippen molar-refractivity contribution >= 4 is 0 Å². The van der Waals surface area contributed by atoms with Crippen LogP contribution >= 0.6 is 0 Å². The van der Waals surface area contributed by atoms with Crippen LogP contribution in [0.2, 0.25) is 0 Å². The van der Waals surface area contributed by atoms with Crippen molar-refractivity contribution < 1.29 is 0 Å². The molecule has 1 saturated heterocycles. The summed E-state index contributed by atoms with van der Waals surface area (Å²) in [4.78, 5) is 2.72. The molecule has 0 unspecified atom stereocenters. The minimum atomic E-state index is 0.426. The van der Waals surface area contributed by atoms with Crippen molar-refractivity contribution in [2.75, 3.05) is 19.6 Å². The van der Waals surface area contributed by atoms with Crippen molar-refractivity contribution in [1.82, 2.24) is 20.0 Å². The van der Waals surface area contributed by atoms with Crippen LogP contribution in [0.4, 0.5) is 0 Å². The number of piperazine rings is 1. The highest BCUT2D eigenvalue weighted by Crippen LogP contribution is 2.36. The molecule has 4 heteroatoms. The molecule has 1 aromatic rings. The van der Waals surface area contributed by atoms with E-state index in [-0.39, 0.29) is 0 Å². The lowest BCUT2D eigenvalue weighted by atomic mass is 9.92. The quantitative estimate of drug-likeness (QED) is 0.903. The first-order chi connectivity index (χ1) is 9.23. The largest absolute Gasteiger partial charge is 0.314 e. The Morgan fingerprint density at radius 3 is 2.89 bits per heavy atom. The van der Waals surface area contributed by atoms with Crippen LogP contribution in [-0.2, 0) is 13.1 Å². The fraction of sp³-hybridized carbons (Fsp3) is 0.800. The van der Waals surface area contributed by atoms with E-state index in [0.29, 0.717) is 5.54 Å². The summed E-state index contributed by atoms with van der Waals surface area (Å²) in [6.07, 6.45) is 5.51. The highest BCUT2D eigenvalue weighted by Gasteiger charge is 2.41. The summed E-state index contributed by atoms with van der Waals surface area (Å²) < 4.78 is 2.17. The minimum Gasteiger partial charge on any atom is -0.314 e. The van der Waals surface area contributed by atoms with Crippen molar-refractivity contribution in [3.05, 3.63) is 17.5 Å². The molecule has 1 N–H and O–H groups in total. The zero-order chi connectivity index (χ0) is 13.3. The van der Waals surface area contributed by atoms with Crippen LogP contribution in [0.3, 0.4) is 0 Å². The molecule has 3 rings (SSSR count). The van der Waals surface area contributed by atoms with Gasteiger partial charge in [0.25, 0.3) is 0 Å². The van der Waals surface area contributed by atoms with Crippen LogP contribution in [0.5, 0.6) is 0 Å². The van der Waals surface area contributed by atoms with Gasteiger partial charge in [0.2, 0.25) is 0 Å². The second kappa shape index (κ2) is 5.25. The second-order valence-electron chi connectivity index (χ2n) is 6.12. The third kappa shape index (κ3) is 2.43. The van der Waals surface area contributed by atoms with Gasteiger partial charge in [-0.05, 0) is 32.8 Å². The average molecular weight is 262 g/mol. The van der Waals surface area contributed by atoms with E-state index in [2.05, 4.69) is 39.9 Å². The van der Waals surface area contributed by atoms with E-state index in [9.17, 15) is 0 Å². The van der Waals surface area contributed by atoms with E-state index in [0.717, 1.165) is 25.3 Å². The molecule has 1 spiro atoms. The second-order valence-corrected chi connectivity index (χ2v) is 6.12. The summed E-state index contributed by atoms with van der Waals surface area (Å²) in [6, 6.07) is 2.26. The first-order valence-corrected chi connectivity index (χ1v) is 7.73. The first kappa shape index (κ1) is 13.1. The van der Waals surface area contributed by atoms with E-state index in [1.54, 1.807) is 0 Å². The molecule has 0 atom stereocenters. The molecular weight excluding hydrogens is 236 g/mol. The lowest BCUT2D eigenvalue weighted by Gasteiger charge is -2.45. The topological polar surface area (TPSA) is 33.1 Å². The Labute approximate surface area is 116 Å². The predicted octanol–water partition coefficient (Wildman–Crippen LogP) is 1.93. The maximum atomic E-state index is 4.58. The van der Waals surface area contributed by atoms with Gasteiger partial charge in [-0.1, -0.05) is 12.8 Å². The van der Waals surface area contributed by atoms with E-state index >= 15 is 0 Å². The normalized spacial score (nSPS) is 23.3. The molecule has 106 valence electrons. The van der Waals surface area contributed by atoms with Gasteiger partial charge in [0.1, 0.15) is 0 Å². The van der Waals surface area contributed by atoms with Crippen molar-refractivity contribution in [3.8, 4) is 0 Å². The van der Waals surface area contributed by atoms with Crippen molar-refractivity contribution in [3.63, 3.8) is 0 Å². The summed E-state index contributed by atoms with van der Waals surface area (Å²) in [5.74, 6) is 0. The Bertz CT molecular complexity index is 431. The van der Waals surface area contributed by atoms with Gasteiger partial charge in [-0.2, -0.15) is 5.10 Å². The molecule has 0 aromatic carbocycles. The zero-order valence-electron chi connectivity index (χ0n) is 12.3. The highest BCUT2D eigenvalue weighted by atomic mass is 15.3. The van der Waals surface area contributed by atoms with Crippen LogP contribution < -0.4 is 5.32 Å². The van der Waals surface area contributed by atoms with Crippen LogP contribution in [-0.4, -0.2) is 39.9 Å². The number of aryl methyl sites for hydroxylation is 2. The molecule has 1 saturated carbocycles. The molecule has 0 radical (unpaired) electrons. The molecule has 2 aliphatic rings. The fourth-order valence-electron chi connectivity index (χ4n) is 3.85. The molecule has 1 aliphatic carbocycles. The Hall–Kier alpha value is -0.870. The SMILES string of the molecule is CCn1nc(C)cc1CN1CCNCC12CCCC2. The molecular formula is C15H26N4. The van der Waals surface area contributed by atoms with Crippen molar-refractivity contribution in [2.24, 2.45) is 0 Å². The number of nitrogens with one attached hydrogen (secondary N) is 1. The predicted molar refractivity (Wildman–Crippen MR) is 77.1 cm³/mol. The van der Waals surface area contributed by atoms with Gasteiger partial charge in [-0.3, -0.25) is 9.58 Å². The van der Waals surface area contributed by atoms with E-state index in [1.165, 1.54) is 44.5 Å². The van der Waals surface area contributed by atoms with Gasteiger partial charge < -0.3 is 5.32 Å². The number of aromatic nitrogens is 2. The molecule has 0 bridgehead atoms. The number of rotatable bonds is 3. The van der Waals surface area contributed by atoms with Crippen molar-refractivity contribution in [2.45, 2.75) is 58.2 Å². The lowest BCUT2D eigenvalue weighted by Crippen LogP contribution is -2.59. The Balaban J connectivity index is 1.80. The zero-order valence-corrected chi connectivity index (χ0v) is 12.3. The maximum Gasteiger partial charge on any atom is 0.0597 e.